The number of carbonyl (C=O) groups excluding carboxylic acids is 2. The Labute approximate surface area is 211 Å². The zero-order valence-corrected chi connectivity index (χ0v) is 21.1. The molecule has 2 aromatic rings. The molecule has 186 valence electrons. The van der Waals surface area contributed by atoms with E-state index in [1.807, 2.05) is 60.7 Å². The van der Waals surface area contributed by atoms with E-state index in [1.54, 1.807) is 0 Å². The van der Waals surface area contributed by atoms with Crippen LogP contribution in [0.3, 0.4) is 0 Å². The van der Waals surface area contributed by atoms with Gasteiger partial charge in [-0.3, -0.25) is 4.90 Å². The number of carbonyl (C=O) groups is 2. The third kappa shape index (κ3) is 5.80. The summed E-state index contributed by atoms with van der Waals surface area (Å²) >= 11 is 1.33. The number of hydrogen-bond acceptors (Lipinski definition) is 7. The number of aldehydes is 1. The van der Waals surface area contributed by atoms with Gasteiger partial charge >= 0.3 is 5.97 Å². The predicted octanol–water partition coefficient (Wildman–Crippen LogP) is 4.52. The summed E-state index contributed by atoms with van der Waals surface area (Å²) in [4.78, 5) is 29.2. The van der Waals surface area contributed by atoms with Gasteiger partial charge in [0.15, 0.2) is 5.60 Å². The fraction of sp³-hybridized carbons (Fsp3) is 0.429. The molecule has 2 unspecified atom stereocenters. The minimum atomic E-state index is -1.02. The minimum Gasteiger partial charge on any atom is -0.509 e. The molecule has 0 bridgehead atoms. The number of likely N-dealkylation sites (N-methyl/N-ethyl adjacent to an activating group) is 1. The van der Waals surface area contributed by atoms with Crippen LogP contribution in [0.1, 0.15) is 36.8 Å². The van der Waals surface area contributed by atoms with E-state index in [2.05, 4.69) is 16.8 Å². The smallest absolute Gasteiger partial charge is 0.349 e. The number of unbranched alkanes of at least 4 members (excludes halogenated alkanes) is 2. The Kier molecular flexibility index (Phi) is 8.65. The molecule has 0 amide bonds. The second-order valence-electron chi connectivity index (χ2n) is 9.29. The summed E-state index contributed by atoms with van der Waals surface area (Å²) < 4.78 is 6.38. The molecule has 2 aliphatic heterocycles. The van der Waals surface area contributed by atoms with Crippen molar-refractivity contribution < 1.29 is 19.4 Å². The second kappa shape index (κ2) is 11.9. The lowest BCUT2D eigenvalue weighted by molar-refractivity contribution is -0.172. The van der Waals surface area contributed by atoms with Gasteiger partial charge < -0.3 is 19.5 Å². The average molecular weight is 495 g/mol. The number of esters is 1. The Balaban J connectivity index is 1.74. The van der Waals surface area contributed by atoms with Gasteiger partial charge in [-0.2, -0.15) is 0 Å². The first-order chi connectivity index (χ1) is 17.0. The van der Waals surface area contributed by atoms with Crippen molar-refractivity contribution in [3.05, 3.63) is 82.5 Å². The summed E-state index contributed by atoms with van der Waals surface area (Å²) in [5, 5.41) is 11.7. The molecular weight excluding hydrogens is 460 g/mol. The van der Waals surface area contributed by atoms with E-state index in [-0.39, 0.29) is 10.7 Å². The summed E-state index contributed by atoms with van der Waals surface area (Å²) in [5.41, 5.74) is 0.940. The fourth-order valence-electron chi connectivity index (χ4n) is 5.01. The van der Waals surface area contributed by atoms with Gasteiger partial charge in [0, 0.05) is 38.4 Å². The maximum atomic E-state index is 13.4. The number of piperazine rings is 1. The summed E-state index contributed by atoms with van der Waals surface area (Å²) in [6.07, 6.45) is 3.36. The van der Waals surface area contributed by atoms with Gasteiger partial charge in [-0.1, -0.05) is 60.7 Å². The van der Waals surface area contributed by atoms with Crippen molar-refractivity contribution in [2.24, 2.45) is 0 Å². The summed E-state index contributed by atoms with van der Waals surface area (Å²) in [6.45, 7) is 3.28. The number of thioether (sulfide) groups is 1. The number of cyclic esters (lactones) is 1. The van der Waals surface area contributed by atoms with Crippen molar-refractivity contribution >= 4 is 24.0 Å². The van der Waals surface area contributed by atoms with Crippen molar-refractivity contribution in [3.63, 3.8) is 0 Å². The molecule has 1 fully saturated rings. The Morgan fingerprint density at radius 2 is 1.69 bits per heavy atom. The Morgan fingerprint density at radius 1 is 1.03 bits per heavy atom. The molecule has 1 N–H and O–H groups in total. The minimum absolute atomic E-state index is 0.103. The second-order valence-corrected chi connectivity index (χ2v) is 10.3. The van der Waals surface area contributed by atoms with E-state index in [0.29, 0.717) is 31.4 Å². The van der Waals surface area contributed by atoms with E-state index < -0.39 is 17.6 Å². The number of aliphatic hydroxyl groups is 1. The molecule has 6 nitrogen and oxygen atoms in total. The monoisotopic (exact) mass is 494 g/mol. The van der Waals surface area contributed by atoms with E-state index in [0.717, 1.165) is 43.6 Å². The topological polar surface area (TPSA) is 70.1 Å². The maximum Gasteiger partial charge on any atom is 0.349 e. The highest BCUT2D eigenvalue weighted by atomic mass is 32.2. The molecule has 35 heavy (non-hydrogen) atoms. The fourth-order valence-corrected chi connectivity index (χ4v) is 5.93. The van der Waals surface area contributed by atoms with Gasteiger partial charge in [0.1, 0.15) is 23.0 Å². The van der Waals surface area contributed by atoms with Crippen molar-refractivity contribution in [1.29, 1.82) is 0 Å². The first kappa shape index (κ1) is 25.5. The van der Waals surface area contributed by atoms with Crippen LogP contribution in [0, 0.1) is 0 Å². The molecule has 1 saturated heterocycles. The van der Waals surface area contributed by atoms with Crippen LogP contribution in [0.15, 0.2) is 71.3 Å². The average Bonchev–Trinajstić information content (AvgIpc) is 2.88. The van der Waals surface area contributed by atoms with Crippen molar-refractivity contribution in [3.8, 4) is 0 Å². The normalized spacial score (nSPS) is 23.8. The van der Waals surface area contributed by atoms with Crippen LogP contribution in [0.25, 0.3) is 0 Å². The van der Waals surface area contributed by atoms with Gasteiger partial charge in [-0.25, -0.2) is 4.79 Å². The number of hydrogen-bond donors (Lipinski definition) is 1. The van der Waals surface area contributed by atoms with E-state index in [1.165, 1.54) is 11.8 Å². The molecule has 0 aromatic heterocycles. The standard InChI is InChI=1S/C28H34N2O4S/c1-29-16-18-30(19-17-29)26-24(32)25(35-21-22-11-5-2-6-12-22)27(33)34-28(26,15-9-4-10-20-31)23-13-7-3-8-14-23/h2-3,5-8,11-14,20,26,32H,4,9-10,15-19,21H2,1H3. The summed E-state index contributed by atoms with van der Waals surface area (Å²) in [7, 11) is 2.10. The Bertz CT molecular complexity index is 1020. The molecule has 2 heterocycles. The van der Waals surface area contributed by atoms with Gasteiger partial charge in [0.25, 0.3) is 0 Å². The highest BCUT2D eigenvalue weighted by Crippen LogP contribution is 2.47. The number of aliphatic hydroxyl groups excluding tert-OH is 1. The molecular formula is C28H34N2O4S. The third-order valence-corrected chi connectivity index (χ3v) is 8.05. The predicted molar refractivity (Wildman–Crippen MR) is 139 cm³/mol. The van der Waals surface area contributed by atoms with Gasteiger partial charge in [0.05, 0.1) is 0 Å². The van der Waals surface area contributed by atoms with Crippen LogP contribution >= 0.6 is 11.8 Å². The molecule has 0 spiro atoms. The zero-order valence-electron chi connectivity index (χ0n) is 20.3. The van der Waals surface area contributed by atoms with Crippen LogP contribution in [-0.4, -0.2) is 66.4 Å². The highest BCUT2D eigenvalue weighted by molar-refractivity contribution is 8.03. The highest BCUT2D eigenvalue weighted by Gasteiger charge is 2.53. The molecule has 2 aromatic carbocycles. The van der Waals surface area contributed by atoms with Crippen molar-refractivity contribution in [2.75, 3.05) is 33.2 Å². The molecule has 2 aliphatic rings. The Morgan fingerprint density at radius 3 is 2.34 bits per heavy atom. The van der Waals surface area contributed by atoms with E-state index in [4.69, 9.17) is 4.74 Å². The number of nitrogens with zero attached hydrogens (tertiary/aromatic N) is 2. The quantitative estimate of drug-likeness (QED) is 0.296. The Hall–Kier alpha value is -2.61. The van der Waals surface area contributed by atoms with Crippen LogP contribution in [0.2, 0.25) is 0 Å². The molecule has 0 aliphatic carbocycles. The number of benzene rings is 2. The lowest BCUT2D eigenvalue weighted by Crippen LogP contribution is -2.60. The SMILES string of the molecule is CN1CCN(C2C(O)=C(SCc3ccccc3)C(=O)OC2(CCCCC=O)c2ccccc2)CC1. The number of rotatable bonds is 10. The maximum absolute atomic E-state index is 13.4. The van der Waals surface area contributed by atoms with Crippen LogP contribution in [0.4, 0.5) is 0 Å². The van der Waals surface area contributed by atoms with E-state index >= 15 is 0 Å². The first-order valence-electron chi connectivity index (χ1n) is 12.3. The largest absolute Gasteiger partial charge is 0.509 e. The van der Waals surface area contributed by atoms with Crippen LogP contribution in [-0.2, 0) is 25.7 Å². The third-order valence-electron chi connectivity index (χ3n) is 6.91. The molecule has 4 rings (SSSR count). The summed E-state index contributed by atoms with van der Waals surface area (Å²) in [5.74, 6) is 0.196. The molecule has 2 atom stereocenters. The number of ether oxygens (including phenoxy) is 1. The molecule has 0 saturated carbocycles. The van der Waals surface area contributed by atoms with Gasteiger partial charge in [0.2, 0.25) is 0 Å². The van der Waals surface area contributed by atoms with Crippen LogP contribution in [0.5, 0.6) is 0 Å². The lowest BCUT2D eigenvalue weighted by atomic mass is 9.78. The molecule has 7 heteroatoms. The van der Waals surface area contributed by atoms with Gasteiger partial charge in [-0.15, -0.1) is 11.8 Å². The summed E-state index contributed by atoms with van der Waals surface area (Å²) in [6, 6.07) is 19.2. The first-order valence-corrected chi connectivity index (χ1v) is 13.3. The lowest BCUT2D eigenvalue weighted by Gasteiger charge is -2.49. The van der Waals surface area contributed by atoms with Crippen LogP contribution < -0.4 is 0 Å². The zero-order chi connectivity index (χ0) is 24.7. The van der Waals surface area contributed by atoms with Crippen molar-refractivity contribution in [1.82, 2.24) is 9.80 Å². The van der Waals surface area contributed by atoms with Gasteiger partial charge in [-0.05, 0) is 37.4 Å². The van der Waals surface area contributed by atoms with E-state index in [9.17, 15) is 14.7 Å². The van der Waals surface area contributed by atoms with Crippen molar-refractivity contribution in [2.45, 2.75) is 43.1 Å². The molecule has 0 radical (unpaired) electrons.